The van der Waals surface area contributed by atoms with E-state index in [4.69, 9.17) is 0 Å². The Morgan fingerprint density at radius 1 is 0.680 bits per heavy atom. The fraction of sp³-hybridized carbons (Fsp3) is 0.0588. The molecule has 25 heavy (non-hydrogen) atoms. The molecule has 8 nitrogen and oxygen atoms in total. The van der Waals surface area contributed by atoms with E-state index in [-0.39, 0.29) is 23.1 Å². The minimum absolute atomic E-state index is 0.00754. The van der Waals surface area contributed by atoms with E-state index in [2.05, 4.69) is 0 Å². The van der Waals surface area contributed by atoms with Gasteiger partial charge in [0.2, 0.25) is 0 Å². The van der Waals surface area contributed by atoms with Crippen molar-refractivity contribution in [3.05, 3.63) is 57.6 Å². The Hall–Kier alpha value is -3.68. The molecule has 126 valence electrons. The van der Waals surface area contributed by atoms with Crippen LogP contribution in [-0.4, -0.2) is 44.3 Å². The number of aromatic carboxylic acids is 4. The number of rotatable bonds is 4. The Morgan fingerprint density at radius 3 is 1.72 bits per heavy atom. The van der Waals surface area contributed by atoms with Gasteiger partial charge in [-0.05, 0) is 35.2 Å². The molecule has 0 aromatic heterocycles. The highest BCUT2D eigenvalue weighted by molar-refractivity contribution is 6.10. The summed E-state index contributed by atoms with van der Waals surface area (Å²) in [4.78, 5) is 45.8. The lowest BCUT2D eigenvalue weighted by molar-refractivity contribution is 0.0650. The Labute approximate surface area is 139 Å². The summed E-state index contributed by atoms with van der Waals surface area (Å²) in [5, 5.41) is 37.3. The van der Waals surface area contributed by atoms with Crippen molar-refractivity contribution in [1.82, 2.24) is 0 Å². The average molecular weight is 342 g/mol. The maximum absolute atomic E-state index is 11.6. The molecule has 0 heterocycles. The van der Waals surface area contributed by atoms with E-state index < -0.39 is 46.1 Å². The SMILES string of the molecule is O=C(O)c1ccc2c(c1C(=O)O)Cc1ccc(C(=O)O)c(C(=O)O)c1-2. The lowest BCUT2D eigenvalue weighted by Gasteiger charge is -2.11. The van der Waals surface area contributed by atoms with E-state index in [0.717, 1.165) is 12.1 Å². The zero-order valence-electron chi connectivity index (χ0n) is 12.4. The van der Waals surface area contributed by atoms with Crippen molar-refractivity contribution >= 4 is 23.9 Å². The summed E-state index contributed by atoms with van der Waals surface area (Å²) in [5.74, 6) is -5.74. The summed E-state index contributed by atoms with van der Waals surface area (Å²) in [7, 11) is 0. The van der Waals surface area contributed by atoms with Gasteiger partial charge in [-0.1, -0.05) is 12.1 Å². The molecule has 0 atom stereocenters. The van der Waals surface area contributed by atoms with E-state index in [1.807, 2.05) is 0 Å². The summed E-state index contributed by atoms with van der Waals surface area (Å²) in [6.07, 6.45) is 0.00754. The highest BCUT2D eigenvalue weighted by Gasteiger charge is 2.33. The van der Waals surface area contributed by atoms with Crippen molar-refractivity contribution in [2.24, 2.45) is 0 Å². The van der Waals surface area contributed by atoms with E-state index >= 15 is 0 Å². The first-order valence-electron chi connectivity index (χ1n) is 6.99. The molecule has 2 aromatic carbocycles. The number of hydrogen-bond donors (Lipinski definition) is 4. The summed E-state index contributed by atoms with van der Waals surface area (Å²) >= 11 is 0. The number of carboxylic acid groups (broad SMARTS) is 4. The van der Waals surface area contributed by atoms with Crippen molar-refractivity contribution in [3.63, 3.8) is 0 Å². The Kier molecular flexibility index (Phi) is 3.53. The fourth-order valence-corrected chi connectivity index (χ4v) is 3.18. The molecule has 0 radical (unpaired) electrons. The molecule has 0 aliphatic heterocycles. The fourth-order valence-electron chi connectivity index (χ4n) is 3.18. The van der Waals surface area contributed by atoms with Gasteiger partial charge in [0.05, 0.1) is 22.3 Å². The molecule has 0 fully saturated rings. The molecule has 0 spiro atoms. The predicted octanol–water partition coefficient (Wildman–Crippen LogP) is 2.05. The monoisotopic (exact) mass is 342 g/mol. The van der Waals surface area contributed by atoms with Gasteiger partial charge in [-0.3, -0.25) is 0 Å². The van der Waals surface area contributed by atoms with E-state index in [0.29, 0.717) is 5.56 Å². The van der Waals surface area contributed by atoms with Crippen LogP contribution < -0.4 is 0 Å². The van der Waals surface area contributed by atoms with Gasteiger partial charge < -0.3 is 20.4 Å². The number of hydrogen-bond acceptors (Lipinski definition) is 4. The Morgan fingerprint density at radius 2 is 1.20 bits per heavy atom. The zero-order chi connectivity index (χ0) is 18.5. The largest absolute Gasteiger partial charge is 0.478 e. The molecular formula is C17H10O8. The summed E-state index contributed by atoms with van der Waals surface area (Å²) in [5.41, 5.74) is -0.764. The highest BCUT2D eigenvalue weighted by atomic mass is 16.4. The van der Waals surface area contributed by atoms with Crippen LogP contribution in [0.4, 0.5) is 0 Å². The molecule has 0 bridgehead atoms. The van der Waals surface area contributed by atoms with Crippen LogP contribution >= 0.6 is 0 Å². The molecule has 0 saturated heterocycles. The van der Waals surface area contributed by atoms with Crippen LogP contribution in [0.2, 0.25) is 0 Å². The molecule has 4 N–H and O–H groups in total. The van der Waals surface area contributed by atoms with Gasteiger partial charge in [-0.2, -0.15) is 0 Å². The highest BCUT2D eigenvalue weighted by Crippen LogP contribution is 2.42. The molecule has 3 rings (SSSR count). The van der Waals surface area contributed by atoms with Gasteiger partial charge in [0.1, 0.15) is 0 Å². The summed E-state index contributed by atoms with van der Waals surface area (Å²) in [6.45, 7) is 0. The lowest BCUT2D eigenvalue weighted by atomic mass is 9.93. The van der Waals surface area contributed by atoms with E-state index in [1.54, 1.807) is 0 Å². The summed E-state index contributed by atoms with van der Waals surface area (Å²) in [6, 6.07) is 4.96. The smallest absolute Gasteiger partial charge is 0.337 e. The second kappa shape index (κ2) is 5.45. The minimum Gasteiger partial charge on any atom is -0.478 e. The third-order valence-electron chi connectivity index (χ3n) is 4.13. The first-order chi connectivity index (χ1) is 11.7. The van der Waals surface area contributed by atoms with E-state index in [9.17, 15) is 39.6 Å². The number of carboxylic acids is 4. The lowest BCUT2D eigenvalue weighted by Crippen LogP contribution is -2.11. The van der Waals surface area contributed by atoms with Crippen LogP contribution in [0.15, 0.2) is 24.3 Å². The average Bonchev–Trinajstić information content (AvgIpc) is 2.90. The molecule has 0 unspecified atom stereocenters. The molecule has 1 aliphatic carbocycles. The first kappa shape index (κ1) is 16.2. The van der Waals surface area contributed by atoms with Crippen molar-refractivity contribution in [2.75, 3.05) is 0 Å². The second-order valence-corrected chi connectivity index (χ2v) is 5.43. The predicted molar refractivity (Wildman–Crippen MR) is 82.5 cm³/mol. The second-order valence-electron chi connectivity index (χ2n) is 5.43. The number of benzene rings is 2. The van der Waals surface area contributed by atoms with Crippen molar-refractivity contribution in [2.45, 2.75) is 6.42 Å². The van der Waals surface area contributed by atoms with Crippen LogP contribution in [0.1, 0.15) is 52.6 Å². The molecule has 2 aromatic rings. The third-order valence-corrected chi connectivity index (χ3v) is 4.13. The van der Waals surface area contributed by atoms with Crippen LogP contribution in [-0.2, 0) is 6.42 Å². The van der Waals surface area contributed by atoms with Gasteiger partial charge in [0.25, 0.3) is 0 Å². The van der Waals surface area contributed by atoms with Gasteiger partial charge >= 0.3 is 23.9 Å². The molecule has 0 saturated carbocycles. The topological polar surface area (TPSA) is 149 Å². The molecule has 1 aliphatic rings. The Bertz CT molecular complexity index is 987. The van der Waals surface area contributed by atoms with Crippen molar-refractivity contribution in [3.8, 4) is 11.1 Å². The molecular weight excluding hydrogens is 332 g/mol. The van der Waals surface area contributed by atoms with Gasteiger partial charge in [0, 0.05) is 5.56 Å². The number of fused-ring (bicyclic) bond motifs is 3. The zero-order valence-corrected chi connectivity index (χ0v) is 12.4. The molecule has 0 amide bonds. The van der Waals surface area contributed by atoms with Crippen molar-refractivity contribution < 1.29 is 39.6 Å². The molecule has 8 heteroatoms. The maximum Gasteiger partial charge on any atom is 0.337 e. The minimum atomic E-state index is -1.46. The standard InChI is InChI=1S/C17H10O8/c18-14(19)8-4-3-7-10(12(8)16(22)23)5-6-1-2-9(15(20)21)13(11(6)7)17(24)25/h1-4H,5H2,(H,18,19)(H,20,21)(H,22,23)(H,24,25). The van der Waals surface area contributed by atoms with Crippen molar-refractivity contribution in [1.29, 1.82) is 0 Å². The third kappa shape index (κ3) is 2.31. The summed E-state index contributed by atoms with van der Waals surface area (Å²) < 4.78 is 0. The van der Waals surface area contributed by atoms with Gasteiger partial charge in [0.15, 0.2) is 0 Å². The quantitative estimate of drug-likeness (QED) is 0.563. The van der Waals surface area contributed by atoms with Gasteiger partial charge in [-0.15, -0.1) is 0 Å². The van der Waals surface area contributed by atoms with Crippen LogP contribution in [0, 0.1) is 0 Å². The van der Waals surface area contributed by atoms with Crippen LogP contribution in [0.3, 0.4) is 0 Å². The van der Waals surface area contributed by atoms with Crippen LogP contribution in [0.25, 0.3) is 11.1 Å². The maximum atomic E-state index is 11.6. The number of carbonyl (C=O) groups is 4. The normalized spacial score (nSPS) is 11.5. The van der Waals surface area contributed by atoms with Crippen LogP contribution in [0.5, 0.6) is 0 Å². The Balaban J connectivity index is 2.40. The van der Waals surface area contributed by atoms with E-state index in [1.165, 1.54) is 12.1 Å². The first-order valence-corrected chi connectivity index (χ1v) is 6.99. The van der Waals surface area contributed by atoms with Gasteiger partial charge in [-0.25, -0.2) is 19.2 Å².